The molecule has 0 aliphatic heterocycles. The molecule has 0 aliphatic rings. The van der Waals surface area contributed by atoms with Crippen molar-refractivity contribution in [1.82, 2.24) is 0 Å². The Labute approximate surface area is 105 Å². The van der Waals surface area contributed by atoms with Gasteiger partial charge in [-0.25, -0.2) is 0 Å². The molecular weight excluding hydrogens is 208 g/mol. The van der Waals surface area contributed by atoms with Gasteiger partial charge in [0.2, 0.25) is 0 Å². The molecule has 0 heterocycles. The zero-order valence-electron chi connectivity index (χ0n) is 11.3. The van der Waals surface area contributed by atoms with E-state index < -0.39 is 0 Å². The van der Waals surface area contributed by atoms with Crippen LogP contribution >= 0.6 is 0 Å². The molecule has 1 unspecified atom stereocenters. The van der Waals surface area contributed by atoms with Crippen molar-refractivity contribution in [2.45, 2.75) is 58.8 Å². The lowest BCUT2D eigenvalue weighted by Gasteiger charge is -2.16. The fourth-order valence-corrected chi connectivity index (χ4v) is 2.21. The number of aryl methyl sites for hydroxylation is 1. The number of carbonyl (C=O) groups is 1. The van der Waals surface area contributed by atoms with Crippen molar-refractivity contribution in [2.24, 2.45) is 0 Å². The third-order valence-electron chi connectivity index (χ3n) is 3.24. The predicted octanol–water partition coefficient (Wildman–Crippen LogP) is 4.64. The van der Waals surface area contributed by atoms with E-state index >= 15 is 0 Å². The minimum atomic E-state index is 0.298. The van der Waals surface area contributed by atoms with Crippen LogP contribution in [-0.2, 0) is 4.79 Å². The average molecular weight is 232 g/mol. The van der Waals surface area contributed by atoms with Crippen LogP contribution < -0.4 is 0 Å². The fraction of sp³-hybridized carbons (Fsp3) is 0.562. The summed E-state index contributed by atoms with van der Waals surface area (Å²) in [5, 5.41) is 0. The standard InChI is InChI=1S/C16H24O/c1-4-5-6-7-16(12-14(3)17)15-10-8-13(2)9-11-15/h8-11,16H,4-7,12H2,1-3H3. The van der Waals surface area contributed by atoms with Gasteiger partial charge in [-0.1, -0.05) is 56.0 Å². The number of hydrogen-bond acceptors (Lipinski definition) is 1. The number of carbonyl (C=O) groups excluding carboxylic acids is 1. The van der Waals surface area contributed by atoms with E-state index in [0.717, 1.165) is 6.42 Å². The van der Waals surface area contributed by atoms with Crippen molar-refractivity contribution >= 4 is 5.78 Å². The van der Waals surface area contributed by atoms with Crippen molar-refractivity contribution in [3.63, 3.8) is 0 Å². The summed E-state index contributed by atoms with van der Waals surface area (Å²) >= 11 is 0. The summed E-state index contributed by atoms with van der Waals surface area (Å²) in [5.74, 6) is 0.715. The summed E-state index contributed by atoms with van der Waals surface area (Å²) < 4.78 is 0. The minimum absolute atomic E-state index is 0.298. The zero-order chi connectivity index (χ0) is 12.7. The Hall–Kier alpha value is -1.11. The molecule has 1 aromatic carbocycles. The second-order valence-corrected chi connectivity index (χ2v) is 5.01. The van der Waals surface area contributed by atoms with E-state index in [1.54, 1.807) is 6.92 Å². The molecule has 0 radical (unpaired) electrons. The zero-order valence-corrected chi connectivity index (χ0v) is 11.3. The van der Waals surface area contributed by atoms with E-state index in [-0.39, 0.29) is 0 Å². The van der Waals surface area contributed by atoms with Gasteiger partial charge in [0.05, 0.1) is 0 Å². The highest BCUT2D eigenvalue weighted by Crippen LogP contribution is 2.26. The van der Waals surface area contributed by atoms with E-state index in [9.17, 15) is 4.79 Å². The van der Waals surface area contributed by atoms with Gasteiger partial charge in [0, 0.05) is 6.42 Å². The van der Waals surface area contributed by atoms with Gasteiger partial charge in [-0.15, -0.1) is 0 Å². The molecule has 94 valence electrons. The molecule has 1 heteroatoms. The van der Waals surface area contributed by atoms with E-state index in [2.05, 4.69) is 38.1 Å². The average Bonchev–Trinajstić information content (AvgIpc) is 2.28. The molecule has 0 saturated heterocycles. The lowest BCUT2D eigenvalue weighted by Crippen LogP contribution is -2.04. The first-order valence-corrected chi connectivity index (χ1v) is 6.69. The Morgan fingerprint density at radius 3 is 2.35 bits per heavy atom. The third-order valence-corrected chi connectivity index (χ3v) is 3.24. The van der Waals surface area contributed by atoms with E-state index in [1.807, 2.05) is 0 Å². The van der Waals surface area contributed by atoms with Crippen molar-refractivity contribution in [1.29, 1.82) is 0 Å². The van der Waals surface area contributed by atoms with Gasteiger partial charge in [0.1, 0.15) is 5.78 Å². The third kappa shape index (κ3) is 5.16. The molecule has 0 aliphatic carbocycles. The number of hydrogen-bond donors (Lipinski definition) is 0. The maximum Gasteiger partial charge on any atom is 0.130 e. The van der Waals surface area contributed by atoms with Gasteiger partial charge < -0.3 is 4.79 Å². The summed E-state index contributed by atoms with van der Waals surface area (Å²) in [7, 11) is 0. The van der Waals surface area contributed by atoms with Crippen LogP contribution in [0.15, 0.2) is 24.3 Å². The molecular formula is C16H24O. The van der Waals surface area contributed by atoms with Crippen LogP contribution in [0.5, 0.6) is 0 Å². The maximum absolute atomic E-state index is 11.3. The monoisotopic (exact) mass is 232 g/mol. The first kappa shape index (κ1) is 14.0. The van der Waals surface area contributed by atoms with Crippen molar-refractivity contribution in [3.05, 3.63) is 35.4 Å². The number of ketones is 1. The highest BCUT2D eigenvalue weighted by molar-refractivity contribution is 5.76. The van der Waals surface area contributed by atoms with Crippen LogP contribution in [-0.4, -0.2) is 5.78 Å². The predicted molar refractivity (Wildman–Crippen MR) is 73.4 cm³/mol. The summed E-state index contributed by atoms with van der Waals surface area (Å²) in [6.45, 7) is 6.01. The molecule has 0 fully saturated rings. The Bertz CT molecular complexity index is 337. The molecule has 17 heavy (non-hydrogen) atoms. The second kappa shape index (κ2) is 7.26. The van der Waals surface area contributed by atoms with Gasteiger partial charge in [0.25, 0.3) is 0 Å². The van der Waals surface area contributed by atoms with Crippen LogP contribution in [0.2, 0.25) is 0 Å². The smallest absolute Gasteiger partial charge is 0.130 e. The largest absolute Gasteiger partial charge is 0.300 e. The molecule has 0 saturated carbocycles. The quantitative estimate of drug-likeness (QED) is 0.626. The Morgan fingerprint density at radius 2 is 1.82 bits per heavy atom. The highest BCUT2D eigenvalue weighted by atomic mass is 16.1. The Kier molecular flexibility index (Phi) is 5.96. The number of rotatable bonds is 7. The summed E-state index contributed by atoms with van der Waals surface area (Å²) in [6, 6.07) is 8.63. The lowest BCUT2D eigenvalue weighted by atomic mass is 9.89. The summed E-state index contributed by atoms with van der Waals surface area (Å²) in [5.41, 5.74) is 2.60. The van der Waals surface area contributed by atoms with Gasteiger partial charge in [-0.3, -0.25) is 0 Å². The van der Waals surface area contributed by atoms with Crippen LogP contribution in [0.25, 0.3) is 0 Å². The normalized spacial score (nSPS) is 12.4. The van der Waals surface area contributed by atoms with Gasteiger partial charge in [-0.05, 0) is 31.7 Å². The van der Waals surface area contributed by atoms with Crippen LogP contribution in [0.3, 0.4) is 0 Å². The maximum atomic E-state index is 11.3. The molecule has 0 aromatic heterocycles. The molecule has 0 N–H and O–H groups in total. The van der Waals surface area contributed by atoms with E-state index in [0.29, 0.717) is 18.1 Å². The SMILES string of the molecule is CCCCCC(CC(C)=O)c1ccc(C)cc1. The van der Waals surface area contributed by atoms with Gasteiger partial charge in [0.15, 0.2) is 0 Å². The number of benzene rings is 1. The summed E-state index contributed by atoms with van der Waals surface area (Å²) in [4.78, 5) is 11.3. The molecule has 0 bridgehead atoms. The van der Waals surface area contributed by atoms with E-state index in [1.165, 1.54) is 30.4 Å². The van der Waals surface area contributed by atoms with Crippen LogP contribution in [0.4, 0.5) is 0 Å². The first-order chi connectivity index (χ1) is 8.13. The van der Waals surface area contributed by atoms with Crippen molar-refractivity contribution in [3.8, 4) is 0 Å². The Balaban J connectivity index is 2.67. The second-order valence-electron chi connectivity index (χ2n) is 5.01. The first-order valence-electron chi connectivity index (χ1n) is 6.69. The molecule has 1 nitrogen and oxygen atoms in total. The van der Waals surface area contributed by atoms with Gasteiger partial charge in [-0.2, -0.15) is 0 Å². The van der Waals surface area contributed by atoms with Gasteiger partial charge >= 0.3 is 0 Å². The molecule has 0 spiro atoms. The van der Waals surface area contributed by atoms with Crippen LogP contribution in [0.1, 0.15) is 63.0 Å². The molecule has 0 amide bonds. The topological polar surface area (TPSA) is 17.1 Å². The number of unbranched alkanes of at least 4 members (excludes halogenated alkanes) is 2. The highest BCUT2D eigenvalue weighted by Gasteiger charge is 2.13. The summed E-state index contributed by atoms with van der Waals surface area (Å²) in [6.07, 6.45) is 5.55. The minimum Gasteiger partial charge on any atom is -0.300 e. The molecule has 1 aromatic rings. The van der Waals surface area contributed by atoms with Crippen LogP contribution in [0, 0.1) is 6.92 Å². The Morgan fingerprint density at radius 1 is 1.18 bits per heavy atom. The molecule has 1 atom stereocenters. The fourth-order valence-electron chi connectivity index (χ4n) is 2.21. The van der Waals surface area contributed by atoms with E-state index in [4.69, 9.17) is 0 Å². The number of Topliss-reactive ketones (excluding diaryl/α,β-unsaturated/α-hetero) is 1. The lowest BCUT2D eigenvalue weighted by molar-refractivity contribution is -0.117. The molecule has 1 rings (SSSR count). The van der Waals surface area contributed by atoms with Crippen molar-refractivity contribution < 1.29 is 4.79 Å². The van der Waals surface area contributed by atoms with Crippen molar-refractivity contribution in [2.75, 3.05) is 0 Å².